The molecule has 0 unspecified atom stereocenters. The van der Waals surface area contributed by atoms with E-state index in [9.17, 15) is 0 Å². The maximum atomic E-state index is 6.33. The number of fused-ring (bicyclic) bond motifs is 1. The molecule has 0 aliphatic carbocycles. The zero-order valence-corrected chi connectivity index (χ0v) is 18.6. The first-order chi connectivity index (χ1) is 15.0. The highest BCUT2D eigenvalue weighted by atomic mass is 16.5. The van der Waals surface area contributed by atoms with Crippen LogP contribution in [0, 0.1) is 6.92 Å². The van der Waals surface area contributed by atoms with E-state index < -0.39 is 0 Å². The Morgan fingerprint density at radius 1 is 1.16 bits per heavy atom. The summed E-state index contributed by atoms with van der Waals surface area (Å²) in [4.78, 5) is 6.92. The Kier molecular flexibility index (Phi) is 6.38. The Morgan fingerprint density at radius 3 is 2.71 bits per heavy atom. The number of pyridine rings is 1. The van der Waals surface area contributed by atoms with Crippen LogP contribution >= 0.6 is 0 Å². The number of benzene rings is 2. The van der Waals surface area contributed by atoms with E-state index in [0.29, 0.717) is 0 Å². The van der Waals surface area contributed by atoms with Crippen LogP contribution in [-0.4, -0.2) is 30.2 Å². The maximum Gasteiger partial charge on any atom is 0.143 e. The number of hydrogen-bond acceptors (Lipinski definition) is 4. The minimum absolute atomic E-state index is 0.0955. The average molecular weight is 414 g/mol. The predicted molar refractivity (Wildman–Crippen MR) is 129 cm³/mol. The van der Waals surface area contributed by atoms with E-state index in [1.54, 1.807) is 0 Å². The number of ether oxygens (including phenoxy) is 1. The van der Waals surface area contributed by atoms with Crippen LogP contribution in [0.15, 0.2) is 66.9 Å². The van der Waals surface area contributed by atoms with Gasteiger partial charge in [-0.3, -0.25) is 0 Å². The minimum Gasteiger partial charge on any atom is -0.486 e. The van der Waals surface area contributed by atoms with Gasteiger partial charge in [0.1, 0.15) is 17.7 Å². The first-order valence-electron chi connectivity index (χ1n) is 11.0. The monoisotopic (exact) mass is 413 g/mol. The van der Waals surface area contributed by atoms with Crippen LogP contribution in [0.1, 0.15) is 25.8 Å². The molecular weight excluding hydrogens is 382 g/mol. The summed E-state index contributed by atoms with van der Waals surface area (Å²) < 4.78 is 6.33. The molecule has 0 fully saturated rings. The van der Waals surface area contributed by atoms with Crippen LogP contribution in [-0.2, 0) is 0 Å². The van der Waals surface area contributed by atoms with Gasteiger partial charge in [-0.25, -0.2) is 4.98 Å². The number of hydrogen-bond donors (Lipinski definition) is 1. The van der Waals surface area contributed by atoms with Crippen LogP contribution in [0.3, 0.4) is 0 Å². The highest BCUT2D eigenvalue weighted by Crippen LogP contribution is 2.37. The van der Waals surface area contributed by atoms with Crippen molar-refractivity contribution in [2.75, 3.05) is 18.0 Å². The topological polar surface area (TPSA) is 37.4 Å². The molecule has 4 rings (SSSR count). The number of anilines is 2. The van der Waals surface area contributed by atoms with Gasteiger partial charge in [0, 0.05) is 12.2 Å². The summed E-state index contributed by atoms with van der Waals surface area (Å²) in [5.74, 6) is 1.88. The Labute approximate surface area is 184 Å². The van der Waals surface area contributed by atoms with Gasteiger partial charge in [-0.05, 0) is 73.5 Å². The van der Waals surface area contributed by atoms with Crippen LogP contribution < -0.4 is 25.4 Å². The number of nitrogens with one attached hydrogen (secondary N) is 1. The SMILES string of the molecule is C=c1cccc/c1=C(/C)[C@@H](C)NCC[C@H]1CN(c2ccc(C)cn2)c2ccccc2O1. The molecule has 0 saturated heterocycles. The summed E-state index contributed by atoms with van der Waals surface area (Å²) >= 11 is 0. The average Bonchev–Trinajstić information content (AvgIpc) is 2.79. The smallest absolute Gasteiger partial charge is 0.143 e. The third kappa shape index (κ3) is 4.80. The minimum atomic E-state index is 0.0955. The van der Waals surface area contributed by atoms with Crippen molar-refractivity contribution in [1.29, 1.82) is 0 Å². The summed E-state index contributed by atoms with van der Waals surface area (Å²) in [7, 11) is 0. The molecule has 4 heteroatoms. The zero-order valence-electron chi connectivity index (χ0n) is 18.6. The van der Waals surface area contributed by atoms with Crippen molar-refractivity contribution in [2.45, 2.75) is 39.3 Å². The summed E-state index contributed by atoms with van der Waals surface area (Å²) in [6.45, 7) is 12.3. The second-order valence-electron chi connectivity index (χ2n) is 8.32. The second-order valence-corrected chi connectivity index (χ2v) is 8.32. The molecule has 2 heterocycles. The Bertz CT molecular complexity index is 1140. The standard InChI is InChI=1S/C27H31N3O/c1-19-13-14-27(29-17-19)30-18-23(31-26-12-8-7-11-25(26)30)15-16-28-22(4)21(3)24-10-6-5-9-20(24)2/h5-14,17,22-23,28H,2,15-16,18H2,1,3-4H3/b24-21+/t22-,23+/m1/s1. The lowest BCUT2D eigenvalue weighted by Crippen LogP contribution is -2.41. The quantitative estimate of drug-likeness (QED) is 0.664. The van der Waals surface area contributed by atoms with Gasteiger partial charge in [0.2, 0.25) is 0 Å². The molecular formula is C27H31N3O. The summed E-state index contributed by atoms with van der Waals surface area (Å²) in [6, 6.07) is 21.0. The van der Waals surface area contributed by atoms with Gasteiger partial charge in [0.05, 0.1) is 12.2 Å². The summed E-state index contributed by atoms with van der Waals surface area (Å²) in [5, 5.41) is 5.96. The molecule has 1 aromatic heterocycles. The molecule has 160 valence electrons. The van der Waals surface area contributed by atoms with Crippen molar-refractivity contribution in [2.24, 2.45) is 0 Å². The Balaban J connectivity index is 1.45. The zero-order chi connectivity index (χ0) is 21.8. The fourth-order valence-corrected chi connectivity index (χ4v) is 4.04. The van der Waals surface area contributed by atoms with Crippen molar-refractivity contribution in [3.63, 3.8) is 0 Å². The van der Waals surface area contributed by atoms with Crippen molar-refractivity contribution < 1.29 is 4.74 Å². The molecule has 2 atom stereocenters. The molecule has 0 saturated carbocycles. The molecule has 0 spiro atoms. The molecule has 4 nitrogen and oxygen atoms in total. The van der Waals surface area contributed by atoms with E-state index in [2.05, 4.69) is 78.9 Å². The fourth-order valence-electron chi connectivity index (χ4n) is 4.04. The number of nitrogens with zero attached hydrogens (tertiary/aromatic N) is 2. The molecule has 0 radical (unpaired) electrons. The molecule has 3 aromatic rings. The third-order valence-corrected chi connectivity index (χ3v) is 6.02. The fraction of sp³-hybridized carbons (Fsp3) is 0.296. The molecule has 2 aromatic carbocycles. The van der Waals surface area contributed by atoms with E-state index in [4.69, 9.17) is 4.74 Å². The maximum absolute atomic E-state index is 6.33. The largest absolute Gasteiger partial charge is 0.486 e. The van der Waals surface area contributed by atoms with Gasteiger partial charge in [0.15, 0.2) is 0 Å². The normalized spacial score (nSPS) is 17.5. The lowest BCUT2D eigenvalue weighted by molar-refractivity contribution is 0.186. The van der Waals surface area contributed by atoms with Gasteiger partial charge in [-0.2, -0.15) is 0 Å². The predicted octanol–water partition coefficient (Wildman–Crippen LogP) is 3.94. The van der Waals surface area contributed by atoms with E-state index in [1.165, 1.54) is 10.8 Å². The van der Waals surface area contributed by atoms with Crippen molar-refractivity contribution in [3.8, 4) is 5.75 Å². The molecule has 0 bridgehead atoms. The van der Waals surface area contributed by atoms with Crippen LogP contribution in [0.4, 0.5) is 11.5 Å². The van der Waals surface area contributed by atoms with Gasteiger partial charge < -0.3 is 15.0 Å². The number of rotatable bonds is 6. The van der Waals surface area contributed by atoms with Gasteiger partial charge in [-0.1, -0.05) is 49.0 Å². The summed E-state index contributed by atoms with van der Waals surface area (Å²) in [6.07, 6.45) is 2.93. The first-order valence-corrected chi connectivity index (χ1v) is 11.0. The molecule has 1 aliphatic heterocycles. The number of aromatic nitrogens is 1. The van der Waals surface area contributed by atoms with E-state index in [0.717, 1.165) is 47.5 Å². The molecule has 1 N–H and O–H groups in total. The van der Waals surface area contributed by atoms with Gasteiger partial charge in [-0.15, -0.1) is 0 Å². The Hall–Kier alpha value is -3.11. The highest BCUT2D eigenvalue weighted by Gasteiger charge is 2.27. The van der Waals surface area contributed by atoms with Gasteiger partial charge >= 0.3 is 0 Å². The molecule has 0 amide bonds. The second kappa shape index (κ2) is 9.36. The van der Waals surface area contributed by atoms with E-state index in [1.807, 2.05) is 30.5 Å². The number of para-hydroxylation sites is 2. The number of aryl methyl sites for hydroxylation is 1. The van der Waals surface area contributed by atoms with Crippen molar-refractivity contribution in [3.05, 3.63) is 82.9 Å². The third-order valence-electron chi connectivity index (χ3n) is 6.02. The van der Waals surface area contributed by atoms with E-state index in [-0.39, 0.29) is 12.1 Å². The van der Waals surface area contributed by atoms with Crippen LogP contribution in [0.5, 0.6) is 5.75 Å². The molecule has 31 heavy (non-hydrogen) atoms. The summed E-state index contributed by atoms with van der Waals surface area (Å²) in [5.41, 5.74) is 3.55. The first kappa shape index (κ1) is 21.1. The Morgan fingerprint density at radius 2 is 1.94 bits per heavy atom. The van der Waals surface area contributed by atoms with Crippen LogP contribution in [0.2, 0.25) is 0 Å². The van der Waals surface area contributed by atoms with Crippen LogP contribution in [0.25, 0.3) is 12.2 Å². The molecule has 1 aliphatic rings. The lowest BCUT2D eigenvalue weighted by Gasteiger charge is -2.36. The van der Waals surface area contributed by atoms with Crippen molar-refractivity contribution in [1.82, 2.24) is 10.3 Å². The lowest BCUT2D eigenvalue weighted by atomic mass is 10.1. The van der Waals surface area contributed by atoms with E-state index >= 15 is 0 Å². The van der Waals surface area contributed by atoms with Gasteiger partial charge in [0.25, 0.3) is 0 Å². The highest BCUT2D eigenvalue weighted by molar-refractivity contribution is 5.68. The van der Waals surface area contributed by atoms with Crippen molar-refractivity contribution >= 4 is 23.7 Å².